The van der Waals surface area contributed by atoms with E-state index in [9.17, 15) is 4.39 Å². The number of aryl methyl sites for hydroxylation is 1. The minimum atomic E-state index is -0.225. The van der Waals surface area contributed by atoms with Crippen molar-refractivity contribution in [3.05, 3.63) is 53.9 Å². The summed E-state index contributed by atoms with van der Waals surface area (Å²) in [5, 5.41) is 0. The van der Waals surface area contributed by atoms with E-state index in [1.807, 2.05) is 12.3 Å². The summed E-state index contributed by atoms with van der Waals surface area (Å²) in [5.74, 6) is 0.637. The average molecular weight is 247 g/mol. The van der Waals surface area contributed by atoms with Gasteiger partial charge >= 0.3 is 0 Å². The molecule has 1 atom stereocenters. The summed E-state index contributed by atoms with van der Waals surface area (Å²) >= 11 is 0. The maximum absolute atomic E-state index is 13.1. The van der Waals surface area contributed by atoms with Crippen LogP contribution in [0.2, 0.25) is 0 Å². The van der Waals surface area contributed by atoms with Crippen LogP contribution in [-0.2, 0) is 13.0 Å². The molecular weight excluding hydrogens is 229 g/mol. The number of aromatic nitrogens is 2. The van der Waals surface area contributed by atoms with Crippen LogP contribution in [0.5, 0.6) is 0 Å². The lowest BCUT2D eigenvalue weighted by atomic mass is 10.1. The number of rotatable bonds is 5. The van der Waals surface area contributed by atoms with E-state index in [-0.39, 0.29) is 11.9 Å². The Morgan fingerprint density at radius 3 is 3.00 bits per heavy atom. The highest BCUT2D eigenvalue weighted by Gasteiger charge is 2.13. The number of hydrogen-bond donors (Lipinski definition) is 1. The lowest BCUT2D eigenvalue weighted by Crippen LogP contribution is -2.19. The molecule has 0 amide bonds. The smallest absolute Gasteiger partial charge is 0.125 e. The highest BCUT2D eigenvalue weighted by molar-refractivity contribution is 5.18. The van der Waals surface area contributed by atoms with Crippen molar-refractivity contribution in [2.45, 2.75) is 32.4 Å². The number of imidazole rings is 1. The molecule has 0 aliphatic heterocycles. The molecule has 0 saturated heterocycles. The summed E-state index contributed by atoms with van der Waals surface area (Å²) in [6.07, 6.45) is 5.33. The normalized spacial score (nSPS) is 12.6. The molecule has 18 heavy (non-hydrogen) atoms. The fourth-order valence-electron chi connectivity index (χ4n) is 2.09. The van der Waals surface area contributed by atoms with Crippen LogP contribution in [0.1, 0.15) is 30.8 Å². The molecule has 1 aromatic carbocycles. The second-order valence-electron chi connectivity index (χ2n) is 4.42. The Morgan fingerprint density at radius 2 is 2.28 bits per heavy atom. The zero-order chi connectivity index (χ0) is 13.0. The van der Waals surface area contributed by atoms with E-state index in [1.165, 1.54) is 12.1 Å². The first-order valence-corrected chi connectivity index (χ1v) is 6.21. The van der Waals surface area contributed by atoms with Crippen molar-refractivity contribution >= 4 is 0 Å². The molecule has 1 aromatic heterocycles. The second-order valence-corrected chi connectivity index (χ2v) is 4.42. The van der Waals surface area contributed by atoms with E-state index in [0.717, 1.165) is 24.4 Å². The first-order chi connectivity index (χ1) is 8.70. The van der Waals surface area contributed by atoms with Crippen LogP contribution in [0.25, 0.3) is 0 Å². The Morgan fingerprint density at radius 1 is 1.44 bits per heavy atom. The summed E-state index contributed by atoms with van der Waals surface area (Å²) in [5.41, 5.74) is 7.04. The zero-order valence-electron chi connectivity index (χ0n) is 10.5. The van der Waals surface area contributed by atoms with E-state index in [2.05, 4.69) is 16.5 Å². The summed E-state index contributed by atoms with van der Waals surface area (Å²) in [4.78, 5) is 4.30. The molecule has 0 aliphatic rings. The van der Waals surface area contributed by atoms with Gasteiger partial charge in [-0.3, -0.25) is 0 Å². The van der Waals surface area contributed by atoms with E-state index in [1.54, 1.807) is 12.3 Å². The molecule has 4 heteroatoms. The first kappa shape index (κ1) is 12.8. The molecule has 0 bridgehead atoms. The molecule has 0 spiro atoms. The Labute approximate surface area is 106 Å². The summed E-state index contributed by atoms with van der Waals surface area (Å²) in [6, 6.07) is 6.35. The van der Waals surface area contributed by atoms with Gasteiger partial charge in [0.1, 0.15) is 11.6 Å². The number of nitrogens with two attached hydrogens (primary N) is 1. The van der Waals surface area contributed by atoms with Crippen molar-refractivity contribution in [1.29, 1.82) is 0 Å². The van der Waals surface area contributed by atoms with Crippen molar-refractivity contribution in [2.24, 2.45) is 5.73 Å². The first-order valence-electron chi connectivity index (χ1n) is 6.21. The van der Waals surface area contributed by atoms with Crippen LogP contribution in [0, 0.1) is 5.82 Å². The third kappa shape index (κ3) is 2.96. The van der Waals surface area contributed by atoms with Gasteiger partial charge in [-0.25, -0.2) is 9.37 Å². The minimum absolute atomic E-state index is 0.201. The maximum Gasteiger partial charge on any atom is 0.125 e. The van der Waals surface area contributed by atoms with Gasteiger partial charge in [0.25, 0.3) is 0 Å². The van der Waals surface area contributed by atoms with Crippen molar-refractivity contribution in [1.82, 2.24) is 9.55 Å². The van der Waals surface area contributed by atoms with Gasteiger partial charge in [-0.1, -0.05) is 19.1 Å². The van der Waals surface area contributed by atoms with Crippen LogP contribution in [-0.4, -0.2) is 9.55 Å². The molecule has 1 unspecified atom stereocenters. The molecule has 0 radical (unpaired) electrons. The Hall–Kier alpha value is -1.68. The van der Waals surface area contributed by atoms with Crippen molar-refractivity contribution in [3.63, 3.8) is 0 Å². The Kier molecular flexibility index (Phi) is 4.10. The summed E-state index contributed by atoms with van der Waals surface area (Å²) in [7, 11) is 0. The van der Waals surface area contributed by atoms with Gasteiger partial charge in [-0.05, 0) is 30.5 Å². The monoisotopic (exact) mass is 247 g/mol. The molecule has 2 N–H and O–H groups in total. The van der Waals surface area contributed by atoms with E-state index < -0.39 is 0 Å². The van der Waals surface area contributed by atoms with Gasteiger partial charge in [0.2, 0.25) is 0 Å². The lowest BCUT2D eigenvalue weighted by Gasteiger charge is -2.13. The number of nitrogens with zero attached hydrogens (tertiary/aromatic N) is 2. The highest BCUT2D eigenvalue weighted by Crippen LogP contribution is 2.15. The number of hydrogen-bond acceptors (Lipinski definition) is 2. The SMILES string of the molecule is CCCn1ccnc1C(N)Cc1cccc(F)c1. The van der Waals surface area contributed by atoms with Crippen molar-refractivity contribution in [3.8, 4) is 0 Å². The van der Waals surface area contributed by atoms with Gasteiger partial charge in [0, 0.05) is 18.9 Å². The fourth-order valence-corrected chi connectivity index (χ4v) is 2.09. The maximum atomic E-state index is 13.1. The molecule has 0 fully saturated rings. The lowest BCUT2D eigenvalue weighted by molar-refractivity contribution is 0.571. The van der Waals surface area contributed by atoms with Crippen LogP contribution in [0.15, 0.2) is 36.7 Å². The van der Waals surface area contributed by atoms with Gasteiger partial charge in [0.05, 0.1) is 6.04 Å². The van der Waals surface area contributed by atoms with Crippen LogP contribution >= 0.6 is 0 Å². The summed E-state index contributed by atoms with van der Waals surface area (Å²) < 4.78 is 15.2. The third-order valence-electron chi connectivity index (χ3n) is 2.89. The van der Waals surface area contributed by atoms with E-state index in [4.69, 9.17) is 5.73 Å². The van der Waals surface area contributed by atoms with Crippen LogP contribution in [0.4, 0.5) is 4.39 Å². The predicted octanol–water partition coefficient (Wildman–Crippen LogP) is 2.67. The third-order valence-corrected chi connectivity index (χ3v) is 2.89. The van der Waals surface area contributed by atoms with Crippen molar-refractivity contribution < 1.29 is 4.39 Å². The topological polar surface area (TPSA) is 43.8 Å². The molecular formula is C14H18FN3. The Bertz CT molecular complexity index is 507. The van der Waals surface area contributed by atoms with Crippen LogP contribution in [0.3, 0.4) is 0 Å². The predicted molar refractivity (Wildman–Crippen MR) is 69.6 cm³/mol. The fraction of sp³-hybridized carbons (Fsp3) is 0.357. The second kappa shape index (κ2) is 5.78. The summed E-state index contributed by atoms with van der Waals surface area (Å²) in [6.45, 7) is 3.02. The van der Waals surface area contributed by atoms with Gasteiger partial charge in [-0.15, -0.1) is 0 Å². The minimum Gasteiger partial charge on any atom is -0.334 e. The molecule has 1 heterocycles. The van der Waals surface area contributed by atoms with Gasteiger partial charge < -0.3 is 10.3 Å². The molecule has 0 aliphatic carbocycles. The number of benzene rings is 1. The van der Waals surface area contributed by atoms with Crippen molar-refractivity contribution in [2.75, 3.05) is 0 Å². The van der Waals surface area contributed by atoms with Crippen LogP contribution < -0.4 is 5.73 Å². The molecule has 3 nitrogen and oxygen atoms in total. The molecule has 0 saturated carbocycles. The molecule has 2 aromatic rings. The van der Waals surface area contributed by atoms with E-state index in [0.29, 0.717) is 6.42 Å². The van der Waals surface area contributed by atoms with Gasteiger partial charge in [0.15, 0.2) is 0 Å². The molecule has 96 valence electrons. The number of halogens is 1. The quantitative estimate of drug-likeness (QED) is 0.882. The Balaban J connectivity index is 2.11. The van der Waals surface area contributed by atoms with Gasteiger partial charge in [-0.2, -0.15) is 0 Å². The molecule has 2 rings (SSSR count). The standard InChI is InChI=1S/C14H18FN3/c1-2-7-18-8-6-17-14(18)13(16)10-11-4-3-5-12(15)9-11/h3-6,8-9,13H,2,7,10,16H2,1H3. The highest BCUT2D eigenvalue weighted by atomic mass is 19.1. The van der Waals surface area contributed by atoms with E-state index >= 15 is 0 Å². The zero-order valence-corrected chi connectivity index (χ0v) is 10.5. The average Bonchev–Trinajstić information content (AvgIpc) is 2.78. The largest absolute Gasteiger partial charge is 0.334 e.